The number of nitro groups is 1. The SMILES string of the molecule is CNC(=S)N/N=C/c1ccc([N+](=O)[O-])o1. The second kappa shape index (κ2) is 5.05. The van der Waals surface area contributed by atoms with E-state index >= 15 is 0 Å². The highest BCUT2D eigenvalue weighted by Crippen LogP contribution is 2.13. The number of hydrogen-bond acceptors (Lipinski definition) is 5. The van der Waals surface area contributed by atoms with E-state index in [1.165, 1.54) is 18.3 Å². The predicted molar refractivity (Wildman–Crippen MR) is 57.7 cm³/mol. The summed E-state index contributed by atoms with van der Waals surface area (Å²) in [6.07, 6.45) is 1.29. The normalized spacial score (nSPS) is 10.2. The molecule has 0 aromatic carbocycles. The second-order valence-corrected chi connectivity index (χ2v) is 2.79. The summed E-state index contributed by atoms with van der Waals surface area (Å²) in [6, 6.07) is 2.68. The van der Waals surface area contributed by atoms with Crippen LogP contribution in [0.1, 0.15) is 5.76 Å². The van der Waals surface area contributed by atoms with Crippen LogP contribution in [0.2, 0.25) is 0 Å². The van der Waals surface area contributed by atoms with Crippen LogP contribution in [-0.4, -0.2) is 23.3 Å². The zero-order valence-corrected chi connectivity index (χ0v) is 8.58. The molecule has 2 N–H and O–H groups in total. The van der Waals surface area contributed by atoms with Gasteiger partial charge in [0.05, 0.1) is 12.3 Å². The predicted octanol–water partition coefficient (Wildman–Crippen LogP) is 0.616. The van der Waals surface area contributed by atoms with Crippen molar-refractivity contribution < 1.29 is 9.34 Å². The first kappa shape index (κ1) is 11.1. The lowest BCUT2D eigenvalue weighted by Crippen LogP contribution is -2.28. The van der Waals surface area contributed by atoms with E-state index in [1.807, 2.05) is 0 Å². The van der Waals surface area contributed by atoms with E-state index in [4.69, 9.17) is 16.6 Å². The van der Waals surface area contributed by atoms with E-state index < -0.39 is 4.92 Å². The van der Waals surface area contributed by atoms with Gasteiger partial charge in [-0.2, -0.15) is 5.10 Å². The minimum atomic E-state index is -0.622. The van der Waals surface area contributed by atoms with Crippen molar-refractivity contribution in [3.05, 3.63) is 28.0 Å². The summed E-state index contributed by atoms with van der Waals surface area (Å²) in [5.41, 5.74) is 2.48. The Morgan fingerprint density at radius 1 is 1.73 bits per heavy atom. The Kier molecular flexibility index (Phi) is 3.75. The lowest BCUT2D eigenvalue weighted by atomic mass is 10.5. The van der Waals surface area contributed by atoms with Gasteiger partial charge in [0.15, 0.2) is 10.9 Å². The highest BCUT2D eigenvalue weighted by Gasteiger charge is 2.09. The van der Waals surface area contributed by atoms with Crippen LogP contribution < -0.4 is 10.7 Å². The average Bonchev–Trinajstić information content (AvgIpc) is 2.66. The van der Waals surface area contributed by atoms with E-state index in [2.05, 4.69) is 15.8 Å². The summed E-state index contributed by atoms with van der Waals surface area (Å²) in [4.78, 5) is 9.64. The van der Waals surface area contributed by atoms with Gasteiger partial charge in [0.2, 0.25) is 0 Å². The number of hydrogen-bond donors (Lipinski definition) is 2. The third-order valence-electron chi connectivity index (χ3n) is 1.38. The standard InChI is InChI=1S/C7H8N4O3S/c1-8-7(15)10-9-4-5-2-3-6(14-5)11(12)13/h2-4H,1H3,(H2,8,10,15)/b9-4+. The van der Waals surface area contributed by atoms with Gasteiger partial charge in [0.1, 0.15) is 4.92 Å². The molecule has 15 heavy (non-hydrogen) atoms. The Morgan fingerprint density at radius 3 is 3.00 bits per heavy atom. The van der Waals surface area contributed by atoms with Crippen molar-refractivity contribution in [1.29, 1.82) is 0 Å². The molecular formula is C7H8N4O3S. The lowest BCUT2D eigenvalue weighted by molar-refractivity contribution is -0.402. The lowest BCUT2D eigenvalue weighted by Gasteiger charge is -1.97. The summed E-state index contributed by atoms with van der Waals surface area (Å²) < 4.78 is 4.81. The van der Waals surface area contributed by atoms with Gasteiger partial charge < -0.3 is 9.73 Å². The van der Waals surface area contributed by atoms with E-state index in [-0.39, 0.29) is 11.6 Å². The topological polar surface area (TPSA) is 92.7 Å². The Balaban J connectivity index is 2.57. The fourth-order valence-electron chi connectivity index (χ4n) is 0.720. The summed E-state index contributed by atoms with van der Waals surface area (Å²) >= 11 is 4.74. The Labute approximate surface area is 90.3 Å². The zero-order valence-electron chi connectivity index (χ0n) is 7.76. The minimum Gasteiger partial charge on any atom is -0.400 e. The fourth-order valence-corrected chi connectivity index (χ4v) is 0.773. The molecular weight excluding hydrogens is 220 g/mol. The third kappa shape index (κ3) is 3.35. The molecule has 1 aromatic heterocycles. The van der Waals surface area contributed by atoms with Crippen LogP contribution in [0.4, 0.5) is 5.88 Å². The first-order chi connectivity index (χ1) is 7.13. The van der Waals surface area contributed by atoms with E-state index in [0.717, 1.165) is 0 Å². The van der Waals surface area contributed by atoms with Gasteiger partial charge in [0.25, 0.3) is 0 Å². The minimum absolute atomic E-state index is 0.271. The number of furan rings is 1. The maximum Gasteiger partial charge on any atom is 0.433 e. The molecule has 0 aliphatic rings. The Hall–Kier alpha value is -1.96. The van der Waals surface area contributed by atoms with Crippen molar-refractivity contribution in [1.82, 2.24) is 10.7 Å². The van der Waals surface area contributed by atoms with Gasteiger partial charge in [-0.1, -0.05) is 0 Å². The molecule has 0 saturated carbocycles. The van der Waals surface area contributed by atoms with Gasteiger partial charge >= 0.3 is 5.88 Å². The fraction of sp³-hybridized carbons (Fsp3) is 0.143. The van der Waals surface area contributed by atoms with Gasteiger partial charge in [-0.3, -0.25) is 15.5 Å². The second-order valence-electron chi connectivity index (χ2n) is 2.38. The van der Waals surface area contributed by atoms with Crippen molar-refractivity contribution in [2.45, 2.75) is 0 Å². The number of hydrazone groups is 1. The van der Waals surface area contributed by atoms with Crippen LogP contribution in [0.15, 0.2) is 21.7 Å². The number of rotatable bonds is 3. The van der Waals surface area contributed by atoms with Crippen molar-refractivity contribution in [2.75, 3.05) is 7.05 Å². The van der Waals surface area contributed by atoms with Crippen LogP contribution in [0, 0.1) is 10.1 Å². The summed E-state index contributed by atoms with van der Waals surface area (Å²) in [7, 11) is 1.64. The molecule has 0 aliphatic heterocycles. The first-order valence-corrected chi connectivity index (χ1v) is 4.29. The highest BCUT2D eigenvalue weighted by atomic mass is 32.1. The van der Waals surface area contributed by atoms with E-state index in [9.17, 15) is 10.1 Å². The molecule has 0 unspecified atom stereocenters. The summed E-state index contributed by atoms with van der Waals surface area (Å²) in [5, 5.41) is 16.9. The van der Waals surface area contributed by atoms with Crippen LogP contribution in [-0.2, 0) is 0 Å². The van der Waals surface area contributed by atoms with Gasteiger partial charge in [-0.05, 0) is 18.3 Å². The van der Waals surface area contributed by atoms with Gasteiger partial charge in [-0.25, -0.2) is 0 Å². The number of nitrogens with zero attached hydrogens (tertiary/aromatic N) is 2. The van der Waals surface area contributed by atoms with Crippen LogP contribution >= 0.6 is 12.2 Å². The number of thiocarbonyl (C=S) groups is 1. The monoisotopic (exact) mass is 228 g/mol. The van der Waals surface area contributed by atoms with Crippen LogP contribution in [0.5, 0.6) is 0 Å². The van der Waals surface area contributed by atoms with Gasteiger partial charge in [-0.15, -0.1) is 0 Å². The Bertz CT molecular complexity index is 401. The van der Waals surface area contributed by atoms with Crippen molar-refractivity contribution in [3.8, 4) is 0 Å². The molecule has 1 heterocycles. The van der Waals surface area contributed by atoms with Crippen LogP contribution in [0.3, 0.4) is 0 Å². The highest BCUT2D eigenvalue weighted by molar-refractivity contribution is 7.80. The third-order valence-corrected chi connectivity index (χ3v) is 1.67. The summed E-state index contributed by atoms with van der Waals surface area (Å²) in [5.74, 6) is -0.0549. The molecule has 0 atom stereocenters. The number of nitrogens with one attached hydrogen (secondary N) is 2. The Morgan fingerprint density at radius 2 is 2.47 bits per heavy atom. The summed E-state index contributed by atoms with van der Waals surface area (Å²) in [6.45, 7) is 0. The van der Waals surface area contributed by atoms with Crippen LogP contribution in [0.25, 0.3) is 0 Å². The molecule has 0 spiro atoms. The van der Waals surface area contributed by atoms with E-state index in [0.29, 0.717) is 5.11 Å². The molecule has 1 aromatic rings. The molecule has 8 heteroatoms. The zero-order chi connectivity index (χ0) is 11.3. The van der Waals surface area contributed by atoms with Gasteiger partial charge in [0, 0.05) is 7.05 Å². The molecule has 0 amide bonds. The van der Waals surface area contributed by atoms with E-state index in [1.54, 1.807) is 7.05 Å². The van der Waals surface area contributed by atoms with Crippen molar-refractivity contribution >= 4 is 29.4 Å². The van der Waals surface area contributed by atoms with Crippen molar-refractivity contribution in [2.24, 2.45) is 5.10 Å². The molecule has 80 valence electrons. The first-order valence-electron chi connectivity index (χ1n) is 3.88. The average molecular weight is 228 g/mol. The molecule has 0 radical (unpaired) electrons. The maximum atomic E-state index is 10.3. The quantitative estimate of drug-likeness (QED) is 0.341. The molecule has 0 bridgehead atoms. The maximum absolute atomic E-state index is 10.3. The largest absolute Gasteiger partial charge is 0.433 e. The van der Waals surface area contributed by atoms with Crippen molar-refractivity contribution in [3.63, 3.8) is 0 Å². The molecule has 7 nitrogen and oxygen atoms in total. The molecule has 0 aliphatic carbocycles. The smallest absolute Gasteiger partial charge is 0.400 e. The molecule has 0 fully saturated rings. The molecule has 1 rings (SSSR count). The molecule has 0 saturated heterocycles.